The zero-order valence-electron chi connectivity index (χ0n) is 26.4. The number of thioether (sulfide) groups is 1. The molecule has 2 aromatic carbocycles. The molecule has 0 atom stereocenters. The van der Waals surface area contributed by atoms with E-state index in [1.54, 1.807) is 30.0 Å². The van der Waals surface area contributed by atoms with E-state index in [1.165, 1.54) is 30.7 Å². The van der Waals surface area contributed by atoms with E-state index in [1.807, 2.05) is 0 Å². The van der Waals surface area contributed by atoms with Gasteiger partial charge in [-0.05, 0) is 56.7 Å². The van der Waals surface area contributed by atoms with E-state index < -0.39 is 6.36 Å². The maximum atomic E-state index is 14.1. The lowest BCUT2D eigenvalue weighted by Crippen LogP contribution is -2.36. The molecule has 1 aromatic heterocycles. The minimum Gasteiger partial charge on any atom is -0.405 e. The van der Waals surface area contributed by atoms with E-state index in [-0.39, 0.29) is 41.5 Å². The van der Waals surface area contributed by atoms with Crippen LogP contribution in [0.25, 0.3) is 0 Å². The first-order chi connectivity index (χ1) is 23.1. The number of carbonyl (C=O) groups is 1. The van der Waals surface area contributed by atoms with E-state index in [2.05, 4.69) is 41.0 Å². The third kappa shape index (κ3) is 11.0. The van der Waals surface area contributed by atoms with Gasteiger partial charge >= 0.3 is 6.36 Å². The minimum atomic E-state index is -4.81. The first-order valence-electron chi connectivity index (χ1n) is 16.3. The standard InChI is InChI=1S/C33H40ClF4N7O2S/c34-26-10-6-11-27(35)25(26)20-48-18-17-39-30-43-31(41-23-8-2-1-3-9-23)45-32(44-30)42-24-15-13-21(14-16-24)29(46)40-19-22-7-4-5-12-28(22)47-33(36,37)38/h4-7,10-12,21,23-24H,1-3,8-9,13-20H2,(H,40,46)(H3,39,41,42,43,44,45). The van der Waals surface area contributed by atoms with Crippen molar-refractivity contribution in [2.45, 2.75) is 88.5 Å². The van der Waals surface area contributed by atoms with Crippen LogP contribution in [0, 0.1) is 11.7 Å². The van der Waals surface area contributed by atoms with Crippen LogP contribution in [0.5, 0.6) is 5.75 Å². The van der Waals surface area contributed by atoms with Crippen LogP contribution in [0.1, 0.15) is 68.9 Å². The number of aromatic nitrogens is 3. The zero-order valence-corrected chi connectivity index (χ0v) is 28.0. The van der Waals surface area contributed by atoms with Crippen LogP contribution in [0.3, 0.4) is 0 Å². The Labute approximate surface area is 286 Å². The first kappa shape index (κ1) is 35.8. The Morgan fingerprint density at radius 2 is 1.54 bits per heavy atom. The van der Waals surface area contributed by atoms with E-state index in [9.17, 15) is 22.4 Å². The topological polar surface area (TPSA) is 113 Å². The van der Waals surface area contributed by atoms with Crippen molar-refractivity contribution in [2.24, 2.45) is 5.92 Å². The average Bonchev–Trinajstić information content (AvgIpc) is 3.05. The van der Waals surface area contributed by atoms with Crippen molar-refractivity contribution in [1.82, 2.24) is 20.3 Å². The van der Waals surface area contributed by atoms with E-state index in [4.69, 9.17) is 11.6 Å². The molecule has 9 nitrogen and oxygen atoms in total. The second-order valence-electron chi connectivity index (χ2n) is 12.0. The van der Waals surface area contributed by atoms with Gasteiger partial charge in [-0.3, -0.25) is 4.79 Å². The van der Waals surface area contributed by atoms with Gasteiger partial charge in [0, 0.05) is 58.7 Å². The monoisotopic (exact) mass is 709 g/mol. The molecule has 2 saturated carbocycles. The highest BCUT2D eigenvalue weighted by molar-refractivity contribution is 7.98. The van der Waals surface area contributed by atoms with E-state index in [0.29, 0.717) is 78.2 Å². The number of ether oxygens (including phenoxy) is 1. The first-order valence-corrected chi connectivity index (χ1v) is 17.8. The van der Waals surface area contributed by atoms with Crippen molar-refractivity contribution in [3.63, 3.8) is 0 Å². The van der Waals surface area contributed by atoms with Gasteiger partial charge in [0.15, 0.2) is 0 Å². The van der Waals surface area contributed by atoms with Gasteiger partial charge in [0.25, 0.3) is 0 Å². The molecule has 2 fully saturated rings. The van der Waals surface area contributed by atoms with Crippen molar-refractivity contribution < 1.29 is 27.1 Å². The number of carbonyl (C=O) groups excluding carboxylic acids is 1. The van der Waals surface area contributed by atoms with E-state index >= 15 is 0 Å². The molecular weight excluding hydrogens is 670 g/mol. The van der Waals surface area contributed by atoms with Gasteiger partial charge in [0.1, 0.15) is 11.6 Å². The number of anilines is 3. The maximum Gasteiger partial charge on any atom is 0.573 e. The lowest BCUT2D eigenvalue weighted by molar-refractivity contribution is -0.274. The third-order valence-electron chi connectivity index (χ3n) is 8.49. The molecule has 260 valence electrons. The number of rotatable bonds is 14. The van der Waals surface area contributed by atoms with Gasteiger partial charge in [-0.25, -0.2) is 4.39 Å². The molecule has 5 rings (SSSR count). The largest absolute Gasteiger partial charge is 0.573 e. The van der Waals surface area contributed by atoms with Gasteiger partial charge in [-0.1, -0.05) is 55.1 Å². The number of amides is 1. The van der Waals surface area contributed by atoms with Crippen molar-refractivity contribution in [3.05, 3.63) is 64.4 Å². The van der Waals surface area contributed by atoms with Crippen molar-refractivity contribution in [1.29, 1.82) is 0 Å². The molecular formula is C33H40ClF4N7O2S. The summed E-state index contributed by atoms with van der Waals surface area (Å²) in [7, 11) is 0. The average molecular weight is 710 g/mol. The SMILES string of the molecule is O=C(NCc1ccccc1OC(F)(F)F)C1CCC(Nc2nc(NCCSCc3c(F)cccc3Cl)nc(NC3CCCCC3)n2)CC1. The van der Waals surface area contributed by atoms with Gasteiger partial charge in [-0.15, -0.1) is 13.2 Å². The highest BCUT2D eigenvalue weighted by atomic mass is 35.5. The fraction of sp³-hybridized carbons (Fsp3) is 0.515. The number of nitrogens with one attached hydrogen (secondary N) is 4. The summed E-state index contributed by atoms with van der Waals surface area (Å²) in [5.41, 5.74) is 0.742. The van der Waals surface area contributed by atoms with Crippen molar-refractivity contribution >= 4 is 47.1 Å². The Morgan fingerprint density at radius 3 is 2.23 bits per heavy atom. The van der Waals surface area contributed by atoms with Crippen LogP contribution in [-0.4, -0.2) is 51.6 Å². The summed E-state index contributed by atoms with van der Waals surface area (Å²) in [6, 6.07) is 10.8. The Bertz CT molecular complexity index is 1480. The molecule has 1 amide bonds. The summed E-state index contributed by atoms with van der Waals surface area (Å²) in [4.78, 5) is 26.8. The molecule has 0 bridgehead atoms. The molecule has 0 aliphatic heterocycles. The van der Waals surface area contributed by atoms with Crippen LogP contribution in [-0.2, 0) is 17.1 Å². The summed E-state index contributed by atoms with van der Waals surface area (Å²) in [6.45, 7) is 0.492. The molecule has 0 saturated heterocycles. The van der Waals surface area contributed by atoms with Gasteiger partial charge in [-0.2, -0.15) is 26.7 Å². The van der Waals surface area contributed by atoms with Gasteiger partial charge in [0.05, 0.1) is 0 Å². The zero-order chi connectivity index (χ0) is 33.9. The molecule has 0 radical (unpaired) electrons. The number of nitrogens with zero attached hydrogens (tertiary/aromatic N) is 3. The second-order valence-corrected chi connectivity index (χ2v) is 13.5. The van der Waals surface area contributed by atoms with Crippen LogP contribution in [0.4, 0.5) is 35.4 Å². The normalized spacial score (nSPS) is 18.6. The number of hydrogen-bond donors (Lipinski definition) is 4. The Kier molecular flexibility index (Phi) is 12.8. The predicted molar refractivity (Wildman–Crippen MR) is 181 cm³/mol. The third-order valence-corrected chi connectivity index (χ3v) is 9.83. The number of para-hydroxylation sites is 1. The number of alkyl halides is 3. The molecule has 2 aliphatic rings. The quantitative estimate of drug-likeness (QED) is 0.0979. The highest BCUT2D eigenvalue weighted by Gasteiger charge is 2.32. The molecule has 3 aromatic rings. The van der Waals surface area contributed by atoms with Crippen molar-refractivity contribution in [2.75, 3.05) is 28.2 Å². The molecule has 0 unspecified atom stereocenters. The van der Waals surface area contributed by atoms with Crippen LogP contribution >= 0.6 is 23.4 Å². The summed E-state index contributed by atoms with van der Waals surface area (Å²) in [6.07, 6.45) is 3.45. The number of hydrogen-bond acceptors (Lipinski definition) is 9. The lowest BCUT2D eigenvalue weighted by Gasteiger charge is -2.29. The smallest absolute Gasteiger partial charge is 0.405 e. The Hall–Kier alpha value is -3.52. The van der Waals surface area contributed by atoms with Crippen LogP contribution < -0.4 is 26.0 Å². The fourth-order valence-corrected chi connectivity index (χ4v) is 7.17. The van der Waals surface area contributed by atoms with E-state index in [0.717, 1.165) is 25.7 Å². The minimum absolute atomic E-state index is 0.0359. The van der Waals surface area contributed by atoms with Crippen LogP contribution in [0.2, 0.25) is 5.02 Å². The van der Waals surface area contributed by atoms with Crippen LogP contribution in [0.15, 0.2) is 42.5 Å². The molecule has 1 heterocycles. The summed E-state index contributed by atoms with van der Waals surface area (Å²) in [5, 5.41) is 13.3. The molecule has 15 heteroatoms. The highest BCUT2D eigenvalue weighted by Crippen LogP contribution is 2.29. The van der Waals surface area contributed by atoms with Gasteiger partial charge in [0.2, 0.25) is 23.8 Å². The summed E-state index contributed by atoms with van der Waals surface area (Å²) in [5.74, 6) is 1.40. The lowest BCUT2D eigenvalue weighted by atomic mass is 9.85. The molecule has 48 heavy (non-hydrogen) atoms. The maximum absolute atomic E-state index is 14.1. The molecule has 2 aliphatic carbocycles. The Balaban J connectivity index is 1.13. The molecule has 4 N–H and O–H groups in total. The molecule has 0 spiro atoms. The Morgan fingerprint density at radius 1 is 0.875 bits per heavy atom. The number of benzene rings is 2. The fourth-order valence-electron chi connectivity index (χ4n) is 5.98. The second kappa shape index (κ2) is 17.2. The summed E-state index contributed by atoms with van der Waals surface area (Å²) >= 11 is 7.70. The van der Waals surface area contributed by atoms with Gasteiger partial charge < -0.3 is 26.0 Å². The predicted octanol–water partition coefficient (Wildman–Crippen LogP) is 7.94. The van der Waals surface area contributed by atoms with Crippen molar-refractivity contribution in [3.8, 4) is 5.75 Å². The summed E-state index contributed by atoms with van der Waals surface area (Å²) < 4.78 is 56.5. The number of halogens is 5.